The zero-order chi connectivity index (χ0) is 8.85. The zero-order valence-corrected chi connectivity index (χ0v) is 7.32. The third-order valence-electron chi connectivity index (χ3n) is 1.47. The van der Waals surface area contributed by atoms with Crippen LogP contribution in [-0.2, 0) is 4.74 Å². The zero-order valence-electron chi connectivity index (χ0n) is 7.32. The Labute approximate surface area is 67.4 Å². The number of aliphatic hydroxyl groups excluding tert-OH is 2. The molecule has 0 aliphatic rings. The molecule has 0 aliphatic carbocycles. The van der Waals surface area contributed by atoms with Crippen molar-refractivity contribution in [3.8, 4) is 0 Å². The van der Waals surface area contributed by atoms with E-state index in [9.17, 15) is 0 Å². The van der Waals surface area contributed by atoms with Gasteiger partial charge in [0, 0.05) is 0 Å². The highest BCUT2D eigenvalue weighted by Crippen LogP contribution is 1.95. The summed E-state index contributed by atoms with van der Waals surface area (Å²) in [5.41, 5.74) is 0. The van der Waals surface area contributed by atoms with Crippen LogP contribution in [-0.4, -0.2) is 54.8 Å². The number of hydrogen-bond acceptors (Lipinski definition) is 4. The molecule has 0 aromatic carbocycles. The SMILES string of the molecule is CC(OCC(O)CO)N(C)C. The first-order valence-corrected chi connectivity index (χ1v) is 3.65. The average molecular weight is 163 g/mol. The largest absolute Gasteiger partial charge is 0.394 e. The van der Waals surface area contributed by atoms with E-state index >= 15 is 0 Å². The lowest BCUT2D eigenvalue weighted by Gasteiger charge is -2.21. The van der Waals surface area contributed by atoms with Gasteiger partial charge in [-0.2, -0.15) is 0 Å². The molecule has 0 saturated carbocycles. The first-order chi connectivity index (χ1) is 5.07. The van der Waals surface area contributed by atoms with Gasteiger partial charge in [-0.25, -0.2) is 0 Å². The highest BCUT2D eigenvalue weighted by Gasteiger charge is 2.07. The van der Waals surface area contributed by atoms with Gasteiger partial charge in [0.05, 0.1) is 13.2 Å². The molecule has 0 rings (SSSR count). The number of nitrogens with zero attached hydrogens (tertiary/aromatic N) is 1. The van der Waals surface area contributed by atoms with E-state index < -0.39 is 6.10 Å². The van der Waals surface area contributed by atoms with Crippen LogP contribution in [0.3, 0.4) is 0 Å². The normalized spacial score (nSPS) is 16.9. The second-order valence-corrected chi connectivity index (χ2v) is 2.73. The maximum atomic E-state index is 8.90. The summed E-state index contributed by atoms with van der Waals surface area (Å²) in [6.45, 7) is 1.81. The van der Waals surface area contributed by atoms with Crippen molar-refractivity contribution in [3.63, 3.8) is 0 Å². The Morgan fingerprint density at radius 3 is 2.36 bits per heavy atom. The molecule has 0 heterocycles. The minimum Gasteiger partial charge on any atom is -0.394 e. The molecule has 0 fully saturated rings. The van der Waals surface area contributed by atoms with Gasteiger partial charge in [0.1, 0.15) is 12.3 Å². The van der Waals surface area contributed by atoms with E-state index in [2.05, 4.69) is 0 Å². The first-order valence-electron chi connectivity index (χ1n) is 3.65. The van der Waals surface area contributed by atoms with Crippen LogP contribution in [0.1, 0.15) is 6.92 Å². The highest BCUT2D eigenvalue weighted by molar-refractivity contribution is 4.51. The lowest BCUT2D eigenvalue weighted by Crippen LogP contribution is -2.31. The molecule has 0 saturated heterocycles. The molecule has 11 heavy (non-hydrogen) atoms. The summed E-state index contributed by atoms with van der Waals surface area (Å²) in [5, 5.41) is 17.3. The van der Waals surface area contributed by atoms with Crippen molar-refractivity contribution < 1.29 is 14.9 Å². The Hall–Kier alpha value is -0.160. The van der Waals surface area contributed by atoms with Crippen LogP contribution in [0.5, 0.6) is 0 Å². The topological polar surface area (TPSA) is 52.9 Å². The number of ether oxygens (including phenoxy) is 1. The van der Waals surface area contributed by atoms with Crippen molar-refractivity contribution in [2.24, 2.45) is 0 Å². The summed E-state index contributed by atoms with van der Waals surface area (Å²) in [7, 11) is 3.77. The number of aliphatic hydroxyl groups is 2. The van der Waals surface area contributed by atoms with Crippen LogP contribution in [0.25, 0.3) is 0 Å². The predicted molar refractivity (Wildman–Crippen MR) is 42.2 cm³/mol. The van der Waals surface area contributed by atoms with E-state index in [1.165, 1.54) is 0 Å². The Bertz CT molecular complexity index is 97.7. The third kappa shape index (κ3) is 5.15. The summed E-state index contributed by atoms with van der Waals surface area (Å²) < 4.78 is 5.17. The fourth-order valence-electron chi connectivity index (χ4n) is 0.452. The van der Waals surface area contributed by atoms with Gasteiger partial charge >= 0.3 is 0 Å². The molecule has 4 nitrogen and oxygen atoms in total. The maximum Gasteiger partial charge on any atom is 0.107 e. The van der Waals surface area contributed by atoms with Gasteiger partial charge in [-0.15, -0.1) is 0 Å². The monoisotopic (exact) mass is 163 g/mol. The van der Waals surface area contributed by atoms with Gasteiger partial charge in [-0.3, -0.25) is 4.90 Å². The van der Waals surface area contributed by atoms with Crippen LogP contribution in [0.4, 0.5) is 0 Å². The van der Waals surface area contributed by atoms with Crippen molar-refractivity contribution >= 4 is 0 Å². The molecule has 0 spiro atoms. The van der Waals surface area contributed by atoms with Gasteiger partial charge < -0.3 is 14.9 Å². The Kier molecular flexibility index (Phi) is 5.41. The van der Waals surface area contributed by atoms with Gasteiger partial charge in [0.2, 0.25) is 0 Å². The molecule has 2 atom stereocenters. The Morgan fingerprint density at radius 1 is 1.45 bits per heavy atom. The Balaban J connectivity index is 3.37. The summed E-state index contributed by atoms with van der Waals surface area (Å²) in [5.74, 6) is 0. The van der Waals surface area contributed by atoms with Crippen molar-refractivity contribution in [1.82, 2.24) is 4.90 Å². The molecular weight excluding hydrogens is 146 g/mol. The van der Waals surface area contributed by atoms with Crippen molar-refractivity contribution in [1.29, 1.82) is 0 Å². The minimum atomic E-state index is -0.766. The maximum absolute atomic E-state index is 8.90. The summed E-state index contributed by atoms with van der Waals surface area (Å²) in [4.78, 5) is 1.88. The quantitative estimate of drug-likeness (QED) is 0.524. The van der Waals surface area contributed by atoms with E-state index in [0.29, 0.717) is 0 Å². The van der Waals surface area contributed by atoms with Gasteiger partial charge in [-0.05, 0) is 21.0 Å². The van der Waals surface area contributed by atoms with Crippen LogP contribution in [0.15, 0.2) is 0 Å². The average Bonchev–Trinajstić information content (AvgIpc) is 1.99. The summed E-state index contributed by atoms with van der Waals surface area (Å²) in [6.07, 6.45) is -0.798. The lowest BCUT2D eigenvalue weighted by atomic mass is 10.4. The highest BCUT2D eigenvalue weighted by atomic mass is 16.5. The minimum absolute atomic E-state index is 0.0313. The predicted octanol–water partition coefficient (Wildman–Crippen LogP) is -0.736. The molecule has 2 N–H and O–H groups in total. The molecule has 0 aliphatic heterocycles. The van der Waals surface area contributed by atoms with Gasteiger partial charge in [-0.1, -0.05) is 0 Å². The van der Waals surface area contributed by atoms with Crippen LogP contribution in [0, 0.1) is 0 Å². The second kappa shape index (κ2) is 5.49. The molecule has 0 amide bonds. The molecule has 2 unspecified atom stereocenters. The van der Waals surface area contributed by atoms with E-state index in [-0.39, 0.29) is 19.4 Å². The fourth-order valence-corrected chi connectivity index (χ4v) is 0.452. The molecule has 0 aromatic rings. The van der Waals surface area contributed by atoms with Crippen molar-refractivity contribution in [2.45, 2.75) is 19.3 Å². The lowest BCUT2D eigenvalue weighted by molar-refractivity contribution is -0.0697. The molecule has 4 heteroatoms. The van der Waals surface area contributed by atoms with E-state index in [1.54, 1.807) is 0 Å². The fraction of sp³-hybridized carbons (Fsp3) is 1.00. The van der Waals surface area contributed by atoms with Crippen LogP contribution < -0.4 is 0 Å². The standard InChI is InChI=1S/C7H17NO3/c1-6(8(2)3)11-5-7(10)4-9/h6-7,9-10H,4-5H2,1-3H3. The van der Waals surface area contributed by atoms with Crippen molar-refractivity contribution in [3.05, 3.63) is 0 Å². The van der Waals surface area contributed by atoms with Crippen molar-refractivity contribution in [2.75, 3.05) is 27.3 Å². The summed E-state index contributed by atoms with van der Waals surface area (Å²) >= 11 is 0. The molecule has 0 aromatic heterocycles. The second-order valence-electron chi connectivity index (χ2n) is 2.73. The van der Waals surface area contributed by atoms with E-state index in [4.69, 9.17) is 14.9 Å². The first kappa shape index (κ1) is 10.8. The molecular formula is C7H17NO3. The van der Waals surface area contributed by atoms with Gasteiger partial charge in [0.15, 0.2) is 0 Å². The van der Waals surface area contributed by atoms with Gasteiger partial charge in [0.25, 0.3) is 0 Å². The van der Waals surface area contributed by atoms with E-state index in [0.717, 1.165) is 0 Å². The van der Waals surface area contributed by atoms with Crippen LogP contribution >= 0.6 is 0 Å². The smallest absolute Gasteiger partial charge is 0.107 e. The number of rotatable bonds is 5. The van der Waals surface area contributed by atoms with E-state index in [1.807, 2.05) is 25.9 Å². The molecule has 0 bridgehead atoms. The van der Waals surface area contributed by atoms with Crippen LogP contribution in [0.2, 0.25) is 0 Å². The summed E-state index contributed by atoms with van der Waals surface area (Å²) in [6, 6.07) is 0. The number of hydrogen-bond donors (Lipinski definition) is 2. The third-order valence-corrected chi connectivity index (χ3v) is 1.47. The molecule has 0 radical (unpaired) electrons. The molecule has 68 valence electrons. The Morgan fingerprint density at radius 2 is 2.00 bits per heavy atom.